The van der Waals surface area contributed by atoms with Crippen LogP contribution in [-0.4, -0.2) is 52.5 Å². The SMILES string of the molecule is O[C@@H](CN1CCOCC1)c1ccc(-c2cccc3ccnn23)cc1. The number of hydrogen-bond acceptors (Lipinski definition) is 4. The van der Waals surface area contributed by atoms with Gasteiger partial charge in [0.2, 0.25) is 0 Å². The normalized spacial score (nSPS) is 17.2. The van der Waals surface area contributed by atoms with Crippen LogP contribution in [0.4, 0.5) is 0 Å². The molecule has 1 aliphatic rings. The lowest BCUT2D eigenvalue weighted by Crippen LogP contribution is -2.38. The molecule has 1 fully saturated rings. The molecular formula is C19H21N3O2. The van der Waals surface area contributed by atoms with Crippen molar-refractivity contribution in [3.8, 4) is 11.3 Å². The van der Waals surface area contributed by atoms with E-state index < -0.39 is 6.10 Å². The number of hydrogen-bond donors (Lipinski definition) is 1. The highest BCUT2D eigenvalue weighted by molar-refractivity contribution is 5.64. The van der Waals surface area contributed by atoms with Gasteiger partial charge in [0, 0.05) is 25.2 Å². The first-order valence-electron chi connectivity index (χ1n) is 8.32. The van der Waals surface area contributed by atoms with Gasteiger partial charge in [-0.05, 0) is 23.8 Å². The molecule has 1 aromatic carbocycles. The van der Waals surface area contributed by atoms with Crippen molar-refractivity contribution in [3.63, 3.8) is 0 Å². The van der Waals surface area contributed by atoms with Gasteiger partial charge in [0.1, 0.15) is 0 Å². The molecule has 0 amide bonds. The number of fused-ring (bicyclic) bond motifs is 1. The van der Waals surface area contributed by atoms with Crippen LogP contribution in [0, 0.1) is 0 Å². The molecule has 0 aliphatic carbocycles. The molecule has 5 heteroatoms. The van der Waals surface area contributed by atoms with Gasteiger partial charge in [-0.1, -0.05) is 30.3 Å². The van der Waals surface area contributed by atoms with Gasteiger partial charge in [-0.2, -0.15) is 5.10 Å². The number of β-amino-alcohol motifs (C(OH)–C–C–N with tert-alkyl or cyclic N) is 1. The van der Waals surface area contributed by atoms with Crippen LogP contribution in [0.1, 0.15) is 11.7 Å². The van der Waals surface area contributed by atoms with Gasteiger partial charge >= 0.3 is 0 Å². The highest BCUT2D eigenvalue weighted by Crippen LogP contribution is 2.23. The summed E-state index contributed by atoms with van der Waals surface area (Å²) in [5.74, 6) is 0. The molecule has 24 heavy (non-hydrogen) atoms. The van der Waals surface area contributed by atoms with Crippen molar-refractivity contribution < 1.29 is 9.84 Å². The molecule has 5 nitrogen and oxygen atoms in total. The Kier molecular flexibility index (Phi) is 4.30. The summed E-state index contributed by atoms with van der Waals surface area (Å²) >= 11 is 0. The minimum absolute atomic E-state index is 0.474. The van der Waals surface area contributed by atoms with E-state index in [1.807, 2.05) is 47.0 Å². The van der Waals surface area contributed by atoms with Crippen molar-refractivity contribution in [1.82, 2.24) is 14.5 Å². The fourth-order valence-corrected chi connectivity index (χ4v) is 3.18. The summed E-state index contributed by atoms with van der Waals surface area (Å²) < 4.78 is 7.28. The van der Waals surface area contributed by atoms with Crippen molar-refractivity contribution in [1.29, 1.82) is 0 Å². The fraction of sp³-hybridized carbons (Fsp3) is 0.316. The van der Waals surface area contributed by atoms with E-state index in [1.54, 1.807) is 6.20 Å². The number of nitrogens with zero attached hydrogens (tertiary/aromatic N) is 3. The minimum atomic E-state index is -0.474. The van der Waals surface area contributed by atoms with E-state index in [1.165, 1.54) is 0 Å². The van der Waals surface area contributed by atoms with Crippen molar-refractivity contribution in [2.75, 3.05) is 32.8 Å². The predicted octanol–water partition coefficient (Wildman–Crippen LogP) is 2.37. The lowest BCUT2D eigenvalue weighted by atomic mass is 10.0. The standard InChI is InChI=1S/C19H21N3O2/c23-19(14-21-10-12-24-13-11-21)16-6-4-15(5-7-16)18-3-1-2-17-8-9-20-22(17)18/h1-9,19,23H,10-14H2/t19-/m0/s1. The second-order valence-electron chi connectivity index (χ2n) is 6.13. The van der Waals surface area contributed by atoms with E-state index in [-0.39, 0.29) is 0 Å². The van der Waals surface area contributed by atoms with E-state index in [9.17, 15) is 5.11 Å². The van der Waals surface area contributed by atoms with E-state index >= 15 is 0 Å². The summed E-state index contributed by atoms with van der Waals surface area (Å²) in [6.07, 6.45) is 1.33. The summed E-state index contributed by atoms with van der Waals surface area (Å²) in [6, 6.07) is 16.2. The molecule has 1 N–H and O–H groups in total. The highest BCUT2D eigenvalue weighted by Gasteiger charge is 2.16. The Morgan fingerprint density at radius 2 is 1.83 bits per heavy atom. The van der Waals surface area contributed by atoms with Gasteiger partial charge in [0.05, 0.1) is 36.7 Å². The molecule has 3 heterocycles. The lowest BCUT2D eigenvalue weighted by molar-refractivity contribution is 0.0143. The van der Waals surface area contributed by atoms with Crippen molar-refractivity contribution >= 4 is 5.52 Å². The Labute approximate surface area is 141 Å². The van der Waals surface area contributed by atoms with Gasteiger partial charge in [0.15, 0.2) is 0 Å². The maximum absolute atomic E-state index is 10.5. The third-order valence-electron chi connectivity index (χ3n) is 4.55. The summed E-state index contributed by atoms with van der Waals surface area (Å²) in [5.41, 5.74) is 4.15. The van der Waals surface area contributed by atoms with Crippen LogP contribution in [0.15, 0.2) is 54.7 Å². The third-order valence-corrected chi connectivity index (χ3v) is 4.55. The molecule has 0 saturated carbocycles. The van der Waals surface area contributed by atoms with Gasteiger partial charge in [0.25, 0.3) is 0 Å². The summed E-state index contributed by atoms with van der Waals surface area (Å²) in [6.45, 7) is 3.92. The van der Waals surface area contributed by atoms with Crippen molar-refractivity contribution in [2.24, 2.45) is 0 Å². The zero-order chi connectivity index (χ0) is 16.4. The number of rotatable bonds is 4. The predicted molar refractivity (Wildman–Crippen MR) is 92.8 cm³/mol. The van der Waals surface area contributed by atoms with E-state index in [4.69, 9.17) is 4.74 Å². The zero-order valence-electron chi connectivity index (χ0n) is 13.5. The first kappa shape index (κ1) is 15.3. The molecule has 0 spiro atoms. The molecule has 1 atom stereocenters. The monoisotopic (exact) mass is 323 g/mol. The maximum Gasteiger partial charge on any atom is 0.0916 e. The summed E-state index contributed by atoms with van der Waals surface area (Å²) in [7, 11) is 0. The van der Waals surface area contributed by atoms with E-state index in [0.717, 1.165) is 48.6 Å². The molecule has 0 unspecified atom stereocenters. The highest BCUT2D eigenvalue weighted by atomic mass is 16.5. The minimum Gasteiger partial charge on any atom is -0.387 e. The number of aromatic nitrogens is 2. The third kappa shape index (κ3) is 3.06. The molecule has 4 rings (SSSR count). The van der Waals surface area contributed by atoms with Crippen molar-refractivity contribution in [3.05, 3.63) is 60.3 Å². The molecule has 124 valence electrons. The summed E-state index contributed by atoms with van der Waals surface area (Å²) in [4.78, 5) is 2.24. The topological polar surface area (TPSA) is 50.0 Å². The number of pyridine rings is 1. The second-order valence-corrected chi connectivity index (χ2v) is 6.13. The quantitative estimate of drug-likeness (QED) is 0.801. The second kappa shape index (κ2) is 6.73. The van der Waals surface area contributed by atoms with Crippen LogP contribution in [0.3, 0.4) is 0 Å². The molecule has 3 aromatic rings. The first-order valence-corrected chi connectivity index (χ1v) is 8.32. The Morgan fingerprint density at radius 1 is 1.04 bits per heavy atom. The number of ether oxygens (including phenoxy) is 1. The number of morpholine rings is 1. The van der Waals surface area contributed by atoms with Crippen LogP contribution in [0.5, 0.6) is 0 Å². The maximum atomic E-state index is 10.5. The molecular weight excluding hydrogens is 302 g/mol. The zero-order valence-corrected chi connectivity index (χ0v) is 13.5. The fourth-order valence-electron chi connectivity index (χ4n) is 3.18. The van der Waals surface area contributed by atoms with Gasteiger partial charge < -0.3 is 9.84 Å². The van der Waals surface area contributed by atoms with Gasteiger partial charge in [-0.25, -0.2) is 4.52 Å². The van der Waals surface area contributed by atoms with Crippen LogP contribution in [0.2, 0.25) is 0 Å². The van der Waals surface area contributed by atoms with Crippen LogP contribution >= 0.6 is 0 Å². The Balaban J connectivity index is 1.53. The number of benzene rings is 1. The average Bonchev–Trinajstić information content (AvgIpc) is 3.11. The first-order chi connectivity index (χ1) is 11.8. The van der Waals surface area contributed by atoms with Crippen LogP contribution in [-0.2, 0) is 4.74 Å². The lowest BCUT2D eigenvalue weighted by Gasteiger charge is -2.28. The molecule has 2 aromatic heterocycles. The van der Waals surface area contributed by atoms with E-state index in [2.05, 4.69) is 16.1 Å². The van der Waals surface area contributed by atoms with Gasteiger partial charge in [-0.15, -0.1) is 0 Å². The smallest absolute Gasteiger partial charge is 0.0916 e. The summed E-state index contributed by atoms with van der Waals surface area (Å²) in [5, 5.41) is 14.9. The molecule has 1 aliphatic heterocycles. The van der Waals surface area contributed by atoms with Crippen LogP contribution < -0.4 is 0 Å². The Hall–Kier alpha value is -2.21. The average molecular weight is 323 g/mol. The van der Waals surface area contributed by atoms with Crippen molar-refractivity contribution in [2.45, 2.75) is 6.10 Å². The largest absolute Gasteiger partial charge is 0.387 e. The van der Waals surface area contributed by atoms with Crippen LogP contribution in [0.25, 0.3) is 16.8 Å². The number of aliphatic hydroxyl groups is 1. The molecule has 1 saturated heterocycles. The molecule has 0 bridgehead atoms. The number of aliphatic hydroxyl groups excluding tert-OH is 1. The Morgan fingerprint density at radius 3 is 2.62 bits per heavy atom. The molecule has 0 radical (unpaired) electrons. The Bertz CT molecular complexity index is 807. The van der Waals surface area contributed by atoms with E-state index in [0.29, 0.717) is 6.54 Å². The van der Waals surface area contributed by atoms with Gasteiger partial charge in [-0.3, -0.25) is 4.90 Å².